The van der Waals surface area contributed by atoms with Crippen molar-refractivity contribution < 1.29 is 72.3 Å². The van der Waals surface area contributed by atoms with Crippen molar-refractivity contribution in [2.75, 3.05) is 60.0 Å². The summed E-state index contributed by atoms with van der Waals surface area (Å²) in [7, 11) is 3.83. The highest BCUT2D eigenvalue weighted by Crippen LogP contribution is 2.24. The Balaban J connectivity index is 0.000000282. The number of aliphatic carboxylic acids is 2. The van der Waals surface area contributed by atoms with E-state index in [1.807, 2.05) is 59.6 Å². The van der Waals surface area contributed by atoms with Gasteiger partial charge in [-0.05, 0) is 136 Å². The summed E-state index contributed by atoms with van der Waals surface area (Å²) in [5.41, 5.74) is 18.8. The summed E-state index contributed by atoms with van der Waals surface area (Å²) in [5.74, 6) is -2.58. The number of Topliss-reactive ketones (excluding diaryl/α,β-unsaturated/α-hetero) is 1. The predicted molar refractivity (Wildman–Crippen MR) is 385 cm³/mol. The molecule has 4 amide bonds. The second kappa shape index (κ2) is 41.5. The monoisotopic (exact) mass is 1400 g/mol. The molecule has 0 atom stereocenters. The van der Waals surface area contributed by atoms with Gasteiger partial charge in [0.15, 0.2) is 0 Å². The van der Waals surface area contributed by atoms with Crippen LogP contribution in [0.25, 0.3) is 22.1 Å². The molecule has 4 aromatic carbocycles. The van der Waals surface area contributed by atoms with Crippen LogP contribution in [0.4, 0.5) is 32.6 Å². The van der Waals surface area contributed by atoms with Crippen LogP contribution in [-0.2, 0) is 70.1 Å². The number of unbranched alkanes of at least 4 members (excludes halogenated alkanes) is 6. The minimum Gasteiger partial charge on any atom is -0.481 e. The number of pyridine rings is 2. The van der Waals surface area contributed by atoms with E-state index in [1.54, 1.807) is 111 Å². The third kappa shape index (κ3) is 25.1. The summed E-state index contributed by atoms with van der Waals surface area (Å²) in [6.07, 6.45) is 9.12. The topological polar surface area (TPSA) is 400 Å². The number of amides is 4. The number of carboxylic acid groups (broad SMARTS) is 2. The maximum atomic E-state index is 13.6. The molecule has 4 heterocycles. The first-order chi connectivity index (χ1) is 49.1. The van der Waals surface area contributed by atoms with E-state index in [2.05, 4.69) is 44.4 Å². The van der Waals surface area contributed by atoms with Gasteiger partial charge in [0.1, 0.15) is 35.0 Å². The number of imidazole rings is 2. The number of aromatic nitrogens is 6. The third-order valence-corrected chi connectivity index (χ3v) is 15.4. The molecule has 0 radical (unpaired) electrons. The molecule has 8 aromatic rings. The van der Waals surface area contributed by atoms with Crippen molar-refractivity contribution >= 4 is 110 Å². The van der Waals surface area contributed by atoms with Crippen molar-refractivity contribution in [3.63, 3.8) is 0 Å². The van der Waals surface area contributed by atoms with E-state index < -0.39 is 42.7 Å². The van der Waals surface area contributed by atoms with Gasteiger partial charge < -0.3 is 60.4 Å². The maximum absolute atomic E-state index is 13.6. The Labute approximate surface area is 590 Å². The second-order valence-corrected chi connectivity index (χ2v) is 22.8. The Morgan fingerprint density at radius 2 is 0.892 bits per heavy atom. The molecule has 29 nitrogen and oxygen atoms in total. The minimum atomic E-state index is -1.58. The van der Waals surface area contributed by atoms with Gasteiger partial charge in [-0.2, -0.15) is 9.98 Å². The van der Waals surface area contributed by atoms with Crippen molar-refractivity contribution in [2.24, 2.45) is 35.5 Å². The van der Waals surface area contributed by atoms with Crippen LogP contribution in [0, 0.1) is 0 Å². The van der Waals surface area contributed by atoms with E-state index in [9.17, 15) is 43.2 Å². The van der Waals surface area contributed by atoms with E-state index in [0.717, 1.165) is 85.4 Å². The standard InChI is InChI=1S/2C34H41N7O5.C5H6O5/c2*1-4-6-7-10-21-46-34(44)39-32(35)24-12-15-26(16-13-24)37-23-30-38-27-22-25(14-17-28(27)40(30)3)33(43)41(20-18-31(42)45-5-2)29-11-8-9-19-36-29;6-3(5(9)10)1-2-4(7)8/h2*8-9,11-17,19,22,37H,4-7,10,18,20-21,23H2,1-3H3,(H2,35,39,44);1-2H2,(H,7,8)(H,9,10). The largest absolute Gasteiger partial charge is 0.481 e. The van der Waals surface area contributed by atoms with Crippen LogP contribution in [0.3, 0.4) is 0 Å². The van der Waals surface area contributed by atoms with Crippen LogP contribution < -0.4 is 31.9 Å². The van der Waals surface area contributed by atoms with E-state index in [1.165, 1.54) is 9.80 Å². The van der Waals surface area contributed by atoms with Crippen molar-refractivity contribution in [1.29, 1.82) is 0 Å². The highest BCUT2D eigenvalue weighted by molar-refractivity contribution is 6.32. The summed E-state index contributed by atoms with van der Waals surface area (Å²) in [6.45, 7) is 10.0. The first-order valence-corrected chi connectivity index (χ1v) is 33.5. The van der Waals surface area contributed by atoms with Gasteiger partial charge in [-0.15, -0.1) is 0 Å². The third-order valence-electron chi connectivity index (χ3n) is 15.4. The number of nitrogens with one attached hydrogen (secondary N) is 2. The number of nitrogens with two attached hydrogens (primary N) is 2. The van der Waals surface area contributed by atoms with Crippen LogP contribution in [0.15, 0.2) is 144 Å². The van der Waals surface area contributed by atoms with Crippen LogP contribution in [0.1, 0.15) is 148 Å². The molecule has 29 heteroatoms. The molecule has 0 aliphatic rings. The number of rotatable bonds is 34. The fraction of sp³-hybridized carbons (Fsp3) is 0.356. The SMILES string of the molecule is CCCCCCOC(=O)/N=C(/N)c1ccc(NCc2nc3cc(C(=O)N(CCC(=O)OCC)c4ccccn4)ccc3n2C)cc1.CCCCCCOC(=O)/N=C(/N)c1ccc(NCc2nc3cc(C(=O)N(CCC(=O)OCC)c4ccccn4)ccc3n2C)cc1.O=C(O)CCC(=O)C(=O)O. The molecule has 0 spiro atoms. The Kier molecular flexibility index (Phi) is 32.2. The number of ketones is 1. The summed E-state index contributed by atoms with van der Waals surface area (Å²) in [6, 6.07) is 35.7. The minimum absolute atomic E-state index is 0.0455. The van der Waals surface area contributed by atoms with Gasteiger partial charge in [0.25, 0.3) is 11.8 Å². The zero-order valence-corrected chi connectivity index (χ0v) is 58.2. The zero-order chi connectivity index (χ0) is 73.9. The molecule has 0 saturated heterocycles. The number of ether oxygens (including phenoxy) is 4. The lowest BCUT2D eigenvalue weighted by atomic mass is 10.1. The maximum Gasteiger partial charge on any atom is 0.435 e. The van der Waals surface area contributed by atoms with Crippen molar-refractivity contribution in [2.45, 2.75) is 118 Å². The van der Waals surface area contributed by atoms with Gasteiger partial charge in [-0.1, -0.05) is 64.5 Å². The van der Waals surface area contributed by atoms with Crippen LogP contribution in [-0.4, -0.2) is 144 Å². The lowest BCUT2D eigenvalue weighted by Crippen LogP contribution is -2.34. The summed E-state index contributed by atoms with van der Waals surface area (Å²) < 4.78 is 24.3. The number of esters is 2. The number of hydrogen-bond acceptors (Lipinski definition) is 19. The molecule has 8 N–H and O–H groups in total. The summed E-state index contributed by atoms with van der Waals surface area (Å²) in [4.78, 5) is 134. The average molecular weight is 1400 g/mol. The molecule has 540 valence electrons. The predicted octanol–water partition coefficient (Wildman–Crippen LogP) is 10.7. The number of nitrogens with zero attached hydrogens (tertiary/aromatic N) is 10. The van der Waals surface area contributed by atoms with Gasteiger partial charge in [-0.25, -0.2) is 34.3 Å². The first-order valence-electron chi connectivity index (χ1n) is 33.5. The number of amidine groups is 2. The highest BCUT2D eigenvalue weighted by Gasteiger charge is 2.24. The number of carbonyl (C=O) groups excluding carboxylic acids is 7. The normalized spacial score (nSPS) is 11.1. The number of aliphatic imine (C=N–C) groups is 2. The molecule has 8 rings (SSSR count). The van der Waals surface area contributed by atoms with E-state index >= 15 is 0 Å². The van der Waals surface area contributed by atoms with E-state index in [4.69, 9.17) is 50.6 Å². The molecule has 0 unspecified atom stereocenters. The van der Waals surface area contributed by atoms with Gasteiger partial charge in [0.05, 0.1) is 80.8 Å². The Bertz CT molecular complexity index is 3930. The lowest BCUT2D eigenvalue weighted by molar-refractivity contribution is -0.150. The summed E-state index contributed by atoms with van der Waals surface area (Å²) >= 11 is 0. The molecule has 4 aromatic heterocycles. The number of aryl methyl sites for hydroxylation is 2. The number of fused-ring (bicyclic) bond motifs is 2. The fourth-order valence-electron chi connectivity index (χ4n) is 9.91. The number of anilines is 4. The van der Waals surface area contributed by atoms with Crippen molar-refractivity contribution in [1.82, 2.24) is 29.1 Å². The number of carbonyl (C=O) groups is 9. The van der Waals surface area contributed by atoms with Gasteiger partial charge >= 0.3 is 36.1 Å². The molecule has 0 fully saturated rings. The Hall–Kier alpha value is -11.9. The second-order valence-electron chi connectivity index (χ2n) is 22.8. The van der Waals surface area contributed by atoms with Crippen LogP contribution in [0.2, 0.25) is 0 Å². The number of hydrogen-bond donors (Lipinski definition) is 6. The van der Waals surface area contributed by atoms with Gasteiger partial charge in [-0.3, -0.25) is 38.6 Å². The smallest absolute Gasteiger partial charge is 0.435 e. The quantitative estimate of drug-likeness (QED) is 0.00545. The molecular weight excluding hydrogens is 1310 g/mol. The van der Waals surface area contributed by atoms with Crippen LogP contribution >= 0.6 is 0 Å². The van der Waals surface area contributed by atoms with Gasteiger partial charge in [0, 0.05) is 79.6 Å². The number of carboxylic acids is 2. The molecule has 102 heavy (non-hydrogen) atoms. The molecular formula is C73H88N14O15. The van der Waals surface area contributed by atoms with Crippen molar-refractivity contribution in [3.05, 3.63) is 168 Å². The number of benzene rings is 4. The molecule has 0 bridgehead atoms. The first kappa shape index (κ1) is 79.1. The average Bonchev–Trinajstić information content (AvgIpc) is 1.63. The Morgan fingerprint density at radius 1 is 0.490 bits per heavy atom. The zero-order valence-electron chi connectivity index (χ0n) is 58.2. The molecule has 0 aliphatic heterocycles. The van der Waals surface area contributed by atoms with Gasteiger partial charge in [0.2, 0.25) is 5.78 Å². The molecule has 0 aliphatic carbocycles. The summed E-state index contributed by atoms with van der Waals surface area (Å²) in [5, 5.41) is 22.6. The van der Waals surface area contributed by atoms with Crippen LogP contribution in [0.5, 0.6) is 0 Å². The van der Waals surface area contributed by atoms with E-state index in [-0.39, 0.29) is 74.6 Å². The molecule has 0 saturated carbocycles. The highest BCUT2D eigenvalue weighted by atomic mass is 16.6. The van der Waals surface area contributed by atoms with Crippen molar-refractivity contribution in [3.8, 4) is 0 Å². The fourth-order valence-corrected chi connectivity index (χ4v) is 9.91. The van der Waals surface area contributed by atoms with E-state index in [0.29, 0.717) is 71.2 Å². The Morgan fingerprint density at radius 3 is 1.25 bits per heavy atom. The lowest BCUT2D eigenvalue weighted by Gasteiger charge is -2.21.